The van der Waals surface area contributed by atoms with Gasteiger partial charge in [0.25, 0.3) is 0 Å². The molecule has 0 aliphatic carbocycles. The number of benzene rings is 1. The topological polar surface area (TPSA) is 81.6 Å². The Balaban J connectivity index is 1.59. The summed E-state index contributed by atoms with van der Waals surface area (Å²) < 4.78 is 0. The smallest absolute Gasteiger partial charge is 0.341 e. The van der Waals surface area contributed by atoms with Crippen molar-refractivity contribution in [3.63, 3.8) is 0 Å². The number of aromatic nitrogens is 2. The molecule has 4 bridgehead atoms. The van der Waals surface area contributed by atoms with Gasteiger partial charge in [-0.05, 0) is 5.56 Å². The van der Waals surface area contributed by atoms with Crippen LogP contribution in [0.5, 0.6) is 0 Å². The summed E-state index contributed by atoms with van der Waals surface area (Å²) >= 11 is 0. The molecule has 0 spiro atoms. The fourth-order valence-corrected chi connectivity index (χ4v) is 5.32. The second kappa shape index (κ2) is 6.28. The zero-order chi connectivity index (χ0) is 18.4. The van der Waals surface area contributed by atoms with Crippen LogP contribution in [0.2, 0.25) is 0 Å². The predicted molar refractivity (Wildman–Crippen MR) is 101 cm³/mol. The third kappa shape index (κ3) is 2.69. The van der Waals surface area contributed by atoms with Crippen molar-refractivity contribution >= 4 is 11.8 Å². The van der Waals surface area contributed by atoms with Crippen LogP contribution in [0.3, 0.4) is 0 Å². The molecule has 7 nitrogen and oxygen atoms in total. The van der Waals surface area contributed by atoms with Gasteiger partial charge in [-0.25, -0.2) is 14.8 Å². The number of anilines is 1. The maximum atomic E-state index is 11.6. The maximum Gasteiger partial charge on any atom is 0.341 e. The van der Waals surface area contributed by atoms with Crippen LogP contribution in [0.25, 0.3) is 0 Å². The quantitative estimate of drug-likeness (QED) is 0.841. The molecule has 7 heteroatoms. The molecule has 2 N–H and O–H groups in total. The lowest BCUT2D eigenvalue weighted by molar-refractivity contribution is 0.0436. The van der Waals surface area contributed by atoms with Crippen molar-refractivity contribution < 1.29 is 9.90 Å². The largest absolute Gasteiger partial charge is 0.477 e. The Kier molecular flexibility index (Phi) is 3.87. The van der Waals surface area contributed by atoms with Gasteiger partial charge in [-0.1, -0.05) is 30.3 Å². The molecule has 0 amide bonds. The SMILES string of the molecule is O=C(O)c1cncnc1N[C@H]1C2CN3CCN(C2)CC1(c1ccccc1)C3. The third-order valence-corrected chi connectivity index (χ3v) is 6.38. The molecule has 6 rings (SSSR count). The van der Waals surface area contributed by atoms with Gasteiger partial charge in [0.15, 0.2) is 0 Å². The fraction of sp³-hybridized carbons (Fsp3) is 0.450. The van der Waals surface area contributed by atoms with Crippen LogP contribution in [0.15, 0.2) is 42.9 Å². The first-order chi connectivity index (χ1) is 13.2. The van der Waals surface area contributed by atoms with Gasteiger partial charge in [0.05, 0.1) is 0 Å². The molecular weight excluding hydrogens is 342 g/mol. The first kappa shape index (κ1) is 16.6. The summed E-state index contributed by atoms with van der Waals surface area (Å²) in [7, 11) is 0. The molecule has 27 heavy (non-hydrogen) atoms. The van der Waals surface area contributed by atoms with Gasteiger partial charge in [-0.3, -0.25) is 0 Å². The fourth-order valence-electron chi connectivity index (χ4n) is 5.32. The summed E-state index contributed by atoms with van der Waals surface area (Å²) in [6, 6.07) is 10.8. The molecule has 4 saturated heterocycles. The number of carboxylic acid groups (broad SMARTS) is 1. The molecule has 1 aromatic carbocycles. The van der Waals surface area contributed by atoms with Crippen LogP contribution in [0.1, 0.15) is 15.9 Å². The summed E-state index contributed by atoms with van der Waals surface area (Å²) in [5, 5.41) is 13.1. The van der Waals surface area contributed by atoms with Crippen molar-refractivity contribution in [3.05, 3.63) is 54.0 Å². The summed E-state index contributed by atoms with van der Waals surface area (Å²) in [6.07, 6.45) is 2.79. The van der Waals surface area contributed by atoms with Crippen molar-refractivity contribution in [2.75, 3.05) is 44.6 Å². The highest BCUT2D eigenvalue weighted by Crippen LogP contribution is 2.44. The Morgan fingerprint density at radius 1 is 1.15 bits per heavy atom. The number of carboxylic acids is 1. The highest BCUT2D eigenvalue weighted by atomic mass is 16.4. The Bertz CT molecular complexity index is 842. The van der Waals surface area contributed by atoms with E-state index >= 15 is 0 Å². The van der Waals surface area contributed by atoms with Gasteiger partial charge in [-0.2, -0.15) is 0 Å². The predicted octanol–water partition coefficient (Wildman–Crippen LogP) is 1.15. The molecule has 0 radical (unpaired) electrons. The average molecular weight is 365 g/mol. The Hall–Kier alpha value is -2.51. The summed E-state index contributed by atoms with van der Waals surface area (Å²) in [5.74, 6) is -0.152. The van der Waals surface area contributed by atoms with Gasteiger partial charge in [0.1, 0.15) is 17.7 Å². The van der Waals surface area contributed by atoms with Crippen molar-refractivity contribution in [1.82, 2.24) is 19.8 Å². The Labute approximate surface area is 158 Å². The molecule has 140 valence electrons. The number of piperidine rings is 2. The van der Waals surface area contributed by atoms with Crippen molar-refractivity contribution in [2.45, 2.75) is 11.5 Å². The highest BCUT2D eigenvalue weighted by molar-refractivity contribution is 5.92. The van der Waals surface area contributed by atoms with Crippen LogP contribution < -0.4 is 5.32 Å². The molecule has 0 saturated carbocycles. The van der Waals surface area contributed by atoms with Crippen molar-refractivity contribution in [2.24, 2.45) is 5.92 Å². The van der Waals surface area contributed by atoms with E-state index in [9.17, 15) is 9.90 Å². The summed E-state index contributed by atoms with van der Waals surface area (Å²) in [6.45, 7) is 6.24. The minimum Gasteiger partial charge on any atom is -0.477 e. The van der Waals surface area contributed by atoms with Crippen LogP contribution >= 0.6 is 0 Å². The lowest BCUT2D eigenvalue weighted by Crippen LogP contribution is -2.68. The lowest BCUT2D eigenvalue weighted by atomic mass is 9.64. The molecule has 3 atom stereocenters. The van der Waals surface area contributed by atoms with Crippen LogP contribution in [0, 0.1) is 5.92 Å². The van der Waals surface area contributed by atoms with E-state index in [-0.39, 0.29) is 17.0 Å². The second-order valence-electron chi connectivity index (χ2n) is 7.96. The number of carbonyl (C=O) groups is 1. The van der Waals surface area contributed by atoms with Gasteiger partial charge in [0.2, 0.25) is 0 Å². The number of fused-ring (bicyclic) bond motifs is 1. The molecule has 4 aliphatic heterocycles. The highest BCUT2D eigenvalue weighted by Gasteiger charge is 2.55. The zero-order valence-electron chi connectivity index (χ0n) is 15.1. The average Bonchev–Trinajstić information content (AvgIpc) is 2.93. The number of nitrogens with zero attached hydrogens (tertiary/aromatic N) is 4. The van der Waals surface area contributed by atoms with E-state index in [4.69, 9.17) is 0 Å². The van der Waals surface area contributed by atoms with E-state index < -0.39 is 5.97 Å². The molecule has 4 fully saturated rings. The van der Waals surface area contributed by atoms with Crippen molar-refractivity contribution in [3.8, 4) is 0 Å². The van der Waals surface area contributed by atoms with Gasteiger partial charge < -0.3 is 20.2 Å². The second-order valence-corrected chi connectivity index (χ2v) is 7.96. The monoisotopic (exact) mass is 365 g/mol. The number of rotatable bonds is 4. The lowest BCUT2D eigenvalue weighted by Gasteiger charge is -2.56. The molecular formula is C20H23N5O2. The minimum absolute atomic E-state index is 0.0837. The molecule has 4 aliphatic rings. The van der Waals surface area contributed by atoms with Gasteiger partial charge >= 0.3 is 5.97 Å². The number of aromatic carboxylic acids is 1. The van der Waals surface area contributed by atoms with E-state index in [1.165, 1.54) is 18.1 Å². The first-order valence-corrected chi connectivity index (χ1v) is 9.46. The number of nitrogens with one attached hydrogen (secondary N) is 1. The molecule has 2 unspecified atom stereocenters. The maximum absolute atomic E-state index is 11.6. The zero-order valence-corrected chi connectivity index (χ0v) is 15.1. The van der Waals surface area contributed by atoms with Gasteiger partial charge in [0, 0.05) is 62.8 Å². The molecule has 1 aromatic heterocycles. The van der Waals surface area contributed by atoms with Crippen LogP contribution in [0.4, 0.5) is 5.82 Å². The Morgan fingerprint density at radius 3 is 2.52 bits per heavy atom. The van der Waals surface area contributed by atoms with Gasteiger partial charge in [-0.15, -0.1) is 0 Å². The standard InChI is InChI=1S/C20H23N5O2/c26-19(27)16-8-21-13-22-18(16)23-17-14-9-24-6-7-25(10-14)12-20(17,11-24)15-4-2-1-3-5-15/h1-5,8,13-14,17H,6-7,9-12H2,(H,26,27)(H,21,22,23)/t14?,17-,20?/m0/s1. The molecule has 2 aromatic rings. The minimum atomic E-state index is -1.000. The van der Waals surface area contributed by atoms with E-state index in [2.05, 4.69) is 49.4 Å². The Morgan fingerprint density at radius 2 is 1.85 bits per heavy atom. The summed E-state index contributed by atoms with van der Waals surface area (Å²) in [4.78, 5) is 24.9. The van der Waals surface area contributed by atoms with Crippen LogP contribution in [-0.2, 0) is 5.41 Å². The van der Waals surface area contributed by atoms with Crippen LogP contribution in [-0.4, -0.2) is 76.2 Å². The normalized spacial score (nSPS) is 34.2. The number of hydrogen-bond donors (Lipinski definition) is 2. The number of hydrogen-bond acceptors (Lipinski definition) is 6. The van der Waals surface area contributed by atoms with E-state index in [1.54, 1.807) is 0 Å². The summed E-state index contributed by atoms with van der Waals surface area (Å²) in [5.41, 5.74) is 1.36. The van der Waals surface area contributed by atoms with E-state index in [1.807, 2.05) is 6.07 Å². The molecule has 5 heterocycles. The first-order valence-electron chi connectivity index (χ1n) is 9.46. The van der Waals surface area contributed by atoms with E-state index in [0.29, 0.717) is 11.7 Å². The van der Waals surface area contributed by atoms with E-state index in [0.717, 1.165) is 39.3 Å². The van der Waals surface area contributed by atoms with Crippen molar-refractivity contribution in [1.29, 1.82) is 0 Å². The third-order valence-electron chi connectivity index (χ3n) is 6.38.